The zero-order chi connectivity index (χ0) is 11.0. The van der Waals surface area contributed by atoms with Gasteiger partial charge in [0.25, 0.3) is 0 Å². The Kier molecular flexibility index (Phi) is 2.62. The molecule has 1 aliphatic heterocycles. The lowest BCUT2D eigenvalue weighted by molar-refractivity contribution is 0.346. The van der Waals surface area contributed by atoms with E-state index in [1.807, 2.05) is 0 Å². The topological polar surface area (TPSA) is 29.9 Å². The van der Waals surface area contributed by atoms with E-state index in [4.69, 9.17) is 5.10 Å². The van der Waals surface area contributed by atoms with E-state index in [2.05, 4.69) is 23.0 Å². The van der Waals surface area contributed by atoms with Crippen LogP contribution in [0.2, 0.25) is 0 Å². The third kappa shape index (κ3) is 1.62. The number of fused-ring (bicyclic) bond motifs is 3. The predicted molar refractivity (Wildman–Crippen MR) is 65.7 cm³/mol. The largest absolute Gasteiger partial charge is 0.370 e. The molecule has 16 heavy (non-hydrogen) atoms. The second kappa shape index (κ2) is 4.11. The molecule has 0 amide bonds. The van der Waals surface area contributed by atoms with Gasteiger partial charge in [-0.25, -0.2) is 4.68 Å². The predicted octanol–water partition coefficient (Wildman–Crippen LogP) is 2.99. The maximum atomic E-state index is 4.79. The minimum Gasteiger partial charge on any atom is -0.370 e. The van der Waals surface area contributed by atoms with E-state index in [1.165, 1.54) is 43.6 Å². The second-order valence-electron chi connectivity index (χ2n) is 5.21. The molecule has 1 saturated carbocycles. The molecule has 0 aromatic carbocycles. The van der Waals surface area contributed by atoms with Gasteiger partial charge in [0, 0.05) is 12.6 Å². The Morgan fingerprint density at radius 1 is 1.50 bits per heavy atom. The van der Waals surface area contributed by atoms with Gasteiger partial charge >= 0.3 is 0 Å². The highest BCUT2D eigenvalue weighted by Gasteiger charge is 2.34. The summed E-state index contributed by atoms with van der Waals surface area (Å²) in [6, 6.07) is 2.94. The van der Waals surface area contributed by atoms with Gasteiger partial charge in [-0.05, 0) is 31.6 Å². The first-order chi connectivity index (χ1) is 7.88. The quantitative estimate of drug-likeness (QED) is 0.847. The van der Waals surface area contributed by atoms with Crippen molar-refractivity contribution in [3.05, 3.63) is 11.8 Å². The van der Waals surface area contributed by atoms with Crippen LogP contribution in [0.4, 0.5) is 5.82 Å². The van der Waals surface area contributed by atoms with Crippen molar-refractivity contribution in [1.29, 1.82) is 0 Å². The molecule has 3 nitrogen and oxygen atoms in total. The van der Waals surface area contributed by atoms with E-state index >= 15 is 0 Å². The fourth-order valence-corrected chi connectivity index (χ4v) is 3.12. The summed E-state index contributed by atoms with van der Waals surface area (Å²) < 4.78 is 2.27. The lowest BCUT2D eigenvalue weighted by atomic mass is 10.0. The number of nitrogens with one attached hydrogen (secondary N) is 1. The highest BCUT2D eigenvalue weighted by atomic mass is 15.4. The van der Waals surface area contributed by atoms with Crippen molar-refractivity contribution in [1.82, 2.24) is 9.78 Å². The molecule has 0 spiro atoms. The average molecular weight is 219 g/mol. The Morgan fingerprint density at radius 2 is 2.44 bits per heavy atom. The Morgan fingerprint density at radius 3 is 3.31 bits per heavy atom. The van der Waals surface area contributed by atoms with Crippen LogP contribution in [0.25, 0.3) is 0 Å². The van der Waals surface area contributed by atoms with Crippen molar-refractivity contribution >= 4 is 5.82 Å². The summed E-state index contributed by atoms with van der Waals surface area (Å²) in [6.45, 7) is 3.39. The average Bonchev–Trinajstić information content (AvgIpc) is 2.90. The van der Waals surface area contributed by atoms with Gasteiger partial charge in [0.05, 0.1) is 11.7 Å². The molecule has 1 fully saturated rings. The monoisotopic (exact) mass is 219 g/mol. The first-order valence-corrected chi connectivity index (χ1v) is 6.71. The lowest BCUT2D eigenvalue weighted by Gasteiger charge is -2.28. The molecule has 0 saturated heterocycles. The van der Waals surface area contributed by atoms with Crippen LogP contribution in [-0.4, -0.2) is 16.3 Å². The van der Waals surface area contributed by atoms with Crippen LogP contribution < -0.4 is 5.32 Å². The normalized spacial score (nSPS) is 27.3. The molecule has 88 valence electrons. The maximum Gasteiger partial charge on any atom is 0.124 e. The summed E-state index contributed by atoms with van der Waals surface area (Å²) in [7, 11) is 0. The molecule has 2 aliphatic rings. The molecule has 3 rings (SSSR count). The van der Waals surface area contributed by atoms with Crippen LogP contribution in [0.1, 0.15) is 50.8 Å². The molecular weight excluding hydrogens is 198 g/mol. The molecule has 1 aliphatic carbocycles. The van der Waals surface area contributed by atoms with Crippen LogP contribution in [0.15, 0.2) is 6.07 Å². The number of rotatable bonds is 3. The second-order valence-corrected chi connectivity index (χ2v) is 5.21. The third-order valence-corrected chi connectivity index (χ3v) is 4.05. The summed E-state index contributed by atoms with van der Waals surface area (Å²) in [4.78, 5) is 0. The van der Waals surface area contributed by atoms with Gasteiger partial charge in [-0.15, -0.1) is 0 Å². The fraction of sp³-hybridized carbons (Fsp3) is 0.769. The highest BCUT2D eigenvalue weighted by Crippen LogP contribution is 2.40. The molecule has 2 unspecified atom stereocenters. The number of hydrogen-bond acceptors (Lipinski definition) is 2. The first-order valence-electron chi connectivity index (χ1n) is 6.71. The van der Waals surface area contributed by atoms with E-state index in [1.54, 1.807) is 0 Å². The van der Waals surface area contributed by atoms with Crippen molar-refractivity contribution in [3.63, 3.8) is 0 Å². The molecule has 0 radical (unpaired) electrons. The smallest absolute Gasteiger partial charge is 0.124 e. The van der Waals surface area contributed by atoms with Crippen molar-refractivity contribution in [2.24, 2.45) is 5.92 Å². The van der Waals surface area contributed by atoms with Gasteiger partial charge in [0.2, 0.25) is 0 Å². The van der Waals surface area contributed by atoms with Crippen LogP contribution in [0.5, 0.6) is 0 Å². The molecule has 1 N–H and O–H groups in total. The van der Waals surface area contributed by atoms with Gasteiger partial charge in [0.15, 0.2) is 0 Å². The van der Waals surface area contributed by atoms with Gasteiger partial charge in [-0.1, -0.05) is 19.8 Å². The van der Waals surface area contributed by atoms with Crippen LogP contribution in [0, 0.1) is 5.92 Å². The summed E-state index contributed by atoms with van der Waals surface area (Å²) >= 11 is 0. The minimum absolute atomic E-state index is 0.687. The molecule has 1 aromatic heterocycles. The Labute approximate surface area is 97.2 Å². The molecule has 3 heteroatoms. The zero-order valence-electron chi connectivity index (χ0n) is 10.1. The summed E-state index contributed by atoms with van der Waals surface area (Å²) in [5.41, 5.74) is 1.27. The zero-order valence-corrected chi connectivity index (χ0v) is 10.1. The number of nitrogens with zero attached hydrogens (tertiary/aromatic N) is 2. The molecule has 0 bridgehead atoms. The van der Waals surface area contributed by atoms with E-state index < -0.39 is 0 Å². The lowest BCUT2D eigenvalue weighted by Crippen LogP contribution is -2.29. The van der Waals surface area contributed by atoms with Gasteiger partial charge in [-0.3, -0.25) is 0 Å². The Bertz CT molecular complexity index is 369. The Hall–Kier alpha value is -0.990. The third-order valence-electron chi connectivity index (χ3n) is 4.05. The molecule has 1 aromatic rings. The van der Waals surface area contributed by atoms with Crippen molar-refractivity contribution in [2.45, 2.75) is 51.5 Å². The number of unbranched alkanes of at least 4 members (excludes halogenated alkanes) is 1. The highest BCUT2D eigenvalue weighted by molar-refractivity contribution is 5.40. The van der Waals surface area contributed by atoms with E-state index in [-0.39, 0.29) is 0 Å². The number of aryl methyl sites for hydroxylation is 1. The first kappa shape index (κ1) is 10.2. The van der Waals surface area contributed by atoms with Gasteiger partial charge < -0.3 is 5.32 Å². The maximum absolute atomic E-state index is 4.79. The van der Waals surface area contributed by atoms with Crippen molar-refractivity contribution in [3.8, 4) is 0 Å². The molecule has 2 heterocycles. The van der Waals surface area contributed by atoms with Crippen LogP contribution in [0.3, 0.4) is 0 Å². The minimum atomic E-state index is 0.687. The van der Waals surface area contributed by atoms with Crippen LogP contribution in [-0.2, 0) is 6.42 Å². The van der Waals surface area contributed by atoms with Gasteiger partial charge in [0.1, 0.15) is 5.82 Å². The summed E-state index contributed by atoms with van der Waals surface area (Å²) in [5, 5.41) is 8.32. The number of anilines is 1. The number of hydrogen-bond donors (Lipinski definition) is 1. The summed E-state index contributed by atoms with van der Waals surface area (Å²) in [5.74, 6) is 2.08. The summed E-state index contributed by atoms with van der Waals surface area (Å²) in [6.07, 6.45) is 7.72. The van der Waals surface area contributed by atoms with Crippen molar-refractivity contribution < 1.29 is 0 Å². The molecular formula is C13H21N3. The molecule has 2 atom stereocenters. The van der Waals surface area contributed by atoms with E-state index in [9.17, 15) is 0 Å². The standard InChI is InChI=1S/C13H21N3/c1-2-3-6-11-8-13-14-9-10-5-4-7-12(10)16(13)15-11/h8,10,12,14H,2-7,9H2,1H3. The van der Waals surface area contributed by atoms with Gasteiger partial charge in [-0.2, -0.15) is 5.10 Å². The van der Waals surface area contributed by atoms with E-state index in [0.717, 1.165) is 18.9 Å². The van der Waals surface area contributed by atoms with Crippen molar-refractivity contribution in [2.75, 3.05) is 11.9 Å². The van der Waals surface area contributed by atoms with Crippen LogP contribution >= 0.6 is 0 Å². The fourth-order valence-electron chi connectivity index (χ4n) is 3.12. The van der Waals surface area contributed by atoms with E-state index in [0.29, 0.717) is 6.04 Å². The number of aromatic nitrogens is 2. The Balaban J connectivity index is 1.82. The SMILES string of the molecule is CCCCc1cc2n(n1)C1CCCC1CN2.